The molecular weight excluding hydrogens is 512 g/mol. The Balaban J connectivity index is 2.33. The van der Waals surface area contributed by atoms with Crippen molar-refractivity contribution in [2.45, 2.75) is 132 Å². The van der Waals surface area contributed by atoms with Crippen LogP contribution in [0.1, 0.15) is 102 Å². The molecule has 1 saturated carbocycles. The lowest BCUT2D eigenvalue weighted by Crippen LogP contribution is -2.61. The van der Waals surface area contributed by atoms with Crippen LogP contribution in [-0.4, -0.2) is 70.3 Å². The molecule has 10 nitrogen and oxygen atoms in total. The largest absolute Gasteiger partial charge is 0.444 e. The number of amides is 4. The van der Waals surface area contributed by atoms with Crippen molar-refractivity contribution < 1.29 is 28.7 Å². The summed E-state index contributed by atoms with van der Waals surface area (Å²) in [5.41, 5.74) is -2.16. The number of unbranched alkanes of at least 4 members (excludes halogenated alkanes) is 1. The van der Waals surface area contributed by atoms with Gasteiger partial charge in [-0.25, -0.2) is 4.79 Å². The second kappa shape index (κ2) is 11.7. The molecule has 0 aromatic heterocycles. The lowest BCUT2D eigenvalue weighted by atomic mass is 9.85. The van der Waals surface area contributed by atoms with Gasteiger partial charge in [0.1, 0.15) is 17.7 Å². The highest BCUT2D eigenvalue weighted by molar-refractivity contribution is 6.38. The van der Waals surface area contributed by atoms with E-state index in [0.29, 0.717) is 19.4 Å². The summed E-state index contributed by atoms with van der Waals surface area (Å²) < 4.78 is 5.41. The molecule has 1 heterocycles. The number of carbonyl (C=O) groups is 5. The molecule has 10 heteroatoms. The minimum Gasteiger partial charge on any atom is -0.444 e. The molecule has 2 aliphatic rings. The maximum absolute atomic E-state index is 14.0. The van der Waals surface area contributed by atoms with Crippen LogP contribution < -0.4 is 16.0 Å². The smallest absolute Gasteiger partial charge is 0.408 e. The van der Waals surface area contributed by atoms with Crippen LogP contribution >= 0.6 is 0 Å². The summed E-state index contributed by atoms with van der Waals surface area (Å²) in [7, 11) is 0. The fraction of sp³-hybridized carbons (Fsp3) is 0.833. The fourth-order valence-electron chi connectivity index (χ4n) is 5.55. The molecule has 0 radical (unpaired) electrons. The first-order chi connectivity index (χ1) is 18.0. The molecule has 0 bridgehead atoms. The maximum atomic E-state index is 14.0. The molecule has 0 aromatic rings. The number of nitrogens with zero attached hydrogens (tertiary/aromatic N) is 1. The van der Waals surface area contributed by atoms with E-state index in [1.54, 1.807) is 46.4 Å². The van der Waals surface area contributed by atoms with Gasteiger partial charge >= 0.3 is 6.09 Å². The molecule has 5 unspecified atom stereocenters. The predicted molar refractivity (Wildman–Crippen MR) is 153 cm³/mol. The molecule has 3 N–H and O–H groups in total. The third-order valence-corrected chi connectivity index (χ3v) is 7.73. The van der Waals surface area contributed by atoms with Gasteiger partial charge in [-0.1, -0.05) is 54.4 Å². The summed E-state index contributed by atoms with van der Waals surface area (Å²) in [6.45, 7) is 22.6. The van der Waals surface area contributed by atoms with Gasteiger partial charge in [0.25, 0.3) is 5.91 Å². The normalized spacial score (nSPS) is 23.4. The molecule has 5 atom stereocenters. The number of carbonyl (C=O) groups excluding carboxylic acids is 5. The van der Waals surface area contributed by atoms with Crippen molar-refractivity contribution in [3.05, 3.63) is 0 Å². The summed E-state index contributed by atoms with van der Waals surface area (Å²) in [6.07, 6.45) is 1.05. The van der Waals surface area contributed by atoms with Crippen molar-refractivity contribution in [3.8, 4) is 0 Å². The molecule has 1 aliphatic heterocycles. The standard InChI is InChI=1S/C30H52N4O6/c1-13-14-15-18(21(35)24(37)33-28(5,6)7)31-23(36)20-19-17(30(19,11)12)16-34(20)25(38)22(27(2,3)4)32-26(39)40-29(8,9)10/h17-20,22H,13-16H2,1-12H3,(H,31,36)(H,32,39)(H,33,37). The molecular formula is C30H52N4O6. The lowest BCUT2D eigenvalue weighted by molar-refractivity contribution is -0.145. The maximum Gasteiger partial charge on any atom is 0.408 e. The third kappa shape index (κ3) is 8.19. The summed E-state index contributed by atoms with van der Waals surface area (Å²) in [6, 6.07) is -2.75. The van der Waals surface area contributed by atoms with Gasteiger partial charge in [0.05, 0.1) is 6.04 Å². The number of ketones is 1. The van der Waals surface area contributed by atoms with Crippen LogP contribution in [0.4, 0.5) is 4.79 Å². The van der Waals surface area contributed by atoms with Crippen LogP contribution in [0, 0.1) is 22.7 Å². The summed E-state index contributed by atoms with van der Waals surface area (Å²) >= 11 is 0. The number of fused-ring (bicyclic) bond motifs is 1. The van der Waals surface area contributed by atoms with Crippen molar-refractivity contribution in [2.24, 2.45) is 22.7 Å². The van der Waals surface area contributed by atoms with E-state index >= 15 is 0 Å². The van der Waals surface area contributed by atoms with Gasteiger partial charge in [-0.2, -0.15) is 0 Å². The second-order valence-corrected chi connectivity index (χ2v) is 15.1. The van der Waals surface area contributed by atoms with Crippen molar-refractivity contribution in [1.29, 1.82) is 0 Å². The Morgan fingerprint density at radius 3 is 2.00 bits per heavy atom. The Bertz CT molecular complexity index is 1000. The highest BCUT2D eigenvalue weighted by Gasteiger charge is 2.70. The van der Waals surface area contributed by atoms with E-state index < -0.39 is 58.4 Å². The Morgan fingerprint density at radius 2 is 1.52 bits per heavy atom. The van der Waals surface area contributed by atoms with Crippen LogP contribution in [0.3, 0.4) is 0 Å². The number of piperidine rings is 1. The van der Waals surface area contributed by atoms with Gasteiger partial charge in [0.2, 0.25) is 17.6 Å². The number of hydrogen-bond donors (Lipinski definition) is 3. The van der Waals surface area contributed by atoms with Crippen molar-refractivity contribution in [3.63, 3.8) is 0 Å². The predicted octanol–water partition coefficient (Wildman–Crippen LogP) is 3.57. The molecule has 2 fully saturated rings. The number of likely N-dealkylation sites (tertiary alicyclic amines) is 1. The third-order valence-electron chi connectivity index (χ3n) is 7.73. The molecule has 228 valence electrons. The molecule has 40 heavy (non-hydrogen) atoms. The first-order valence-electron chi connectivity index (χ1n) is 14.5. The zero-order valence-electron chi connectivity index (χ0n) is 26.6. The summed E-state index contributed by atoms with van der Waals surface area (Å²) in [5, 5.41) is 8.25. The Kier molecular flexibility index (Phi) is 9.80. The topological polar surface area (TPSA) is 134 Å². The number of nitrogens with one attached hydrogen (secondary N) is 3. The van der Waals surface area contributed by atoms with E-state index in [1.165, 1.54) is 0 Å². The Morgan fingerprint density at radius 1 is 0.950 bits per heavy atom. The molecule has 1 saturated heterocycles. The first-order valence-corrected chi connectivity index (χ1v) is 14.5. The first kappa shape index (κ1) is 33.6. The zero-order chi connectivity index (χ0) is 31.0. The molecule has 1 aliphatic carbocycles. The lowest BCUT2D eigenvalue weighted by Gasteiger charge is -2.38. The molecule has 0 spiro atoms. The minimum atomic E-state index is -0.994. The van der Waals surface area contributed by atoms with Gasteiger partial charge < -0.3 is 25.6 Å². The molecule has 4 amide bonds. The Hall–Kier alpha value is -2.65. The van der Waals surface area contributed by atoms with Crippen LogP contribution in [0.2, 0.25) is 0 Å². The highest BCUT2D eigenvalue weighted by atomic mass is 16.6. The Labute approximate surface area is 240 Å². The number of Topliss-reactive ketones (excluding diaryl/α,β-unsaturated/α-hetero) is 1. The van der Waals surface area contributed by atoms with E-state index in [2.05, 4.69) is 29.8 Å². The van der Waals surface area contributed by atoms with E-state index in [9.17, 15) is 24.0 Å². The van der Waals surface area contributed by atoms with Gasteiger partial charge in [-0.15, -0.1) is 0 Å². The van der Waals surface area contributed by atoms with Crippen LogP contribution in [-0.2, 0) is 23.9 Å². The molecule has 0 aromatic carbocycles. The van der Waals surface area contributed by atoms with Gasteiger partial charge in [0.15, 0.2) is 0 Å². The number of ether oxygens (including phenoxy) is 1. The van der Waals surface area contributed by atoms with E-state index in [0.717, 1.165) is 6.42 Å². The number of alkyl carbamates (subject to hydrolysis) is 1. The average molecular weight is 565 g/mol. The van der Waals surface area contributed by atoms with Gasteiger partial charge in [-0.05, 0) is 70.6 Å². The number of hydrogen-bond acceptors (Lipinski definition) is 6. The minimum absolute atomic E-state index is 0.0936. The quantitative estimate of drug-likeness (QED) is 0.367. The van der Waals surface area contributed by atoms with Crippen LogP contribution in [0.5, 0.6) is 0 Å². The monoisotopic (exact) mass is 564 g/mol. The van der Waals surface area contributed by atoms with E-state index in [-0.39, 0.29) is 23.2 Å². The summed E-state index contributed by atoms with van der Waals surface area (Å²) in [4.78, 5) is 67.8. The molecule has 2 rings (SSSR count). The van der Waals surface area contributed by atoms with Crippen LogP contribution in [0.25, 0.3) is 0 Å². The van der Waals surface area contributed by atoms with Gasteiger partial charge in [-0.3, -0.25) is 19.2 Å². The highest BCUT2D eigenvalue weighted by Crippen LogP contribution is 2.65. The van der Waals surface area contributed by atoms with Gasteiger partial charge in [0, 0.05) is 12.1 Å². The van der Waals surface area contributed by atoms with Crippen molar-refractivity contribution >= 4 is 29.6 Å². The number of rotatable bonds is 9. The van der Waals surface area contributed by atoms with Crippen molar-refractivity contribution in [2.75, 3.05) is 6.54 Å². The SMILES string of the molecule is CCCCC(NC(=O)C1C2C(CN1C(=O)C(NC(=O)OC(C)(C)C)C(C)(C)C)C2(C)C)C(=O)C(=O)NC(C)(C)C. The van der Waals surface area contributed by atoms with Crippen LogP contribution in [0.15, 0.2) is 0 Å². The fourth-order valence-corrected chi connectivity index (χ4v) is 5.55. The average Bonchev–Trinajstić information content (AvgIpc) is 3.10. The second-order valence-electron chi connectivity index (χ2n) is 15.1. The zero-order valence-corrected chi connectivity index (χ0v) is 26.6. The summed E-state index contributed by atoms with van der Waals surface area (Å²) in [5.74, 6) is -2.24. The van der Waals surface area contributed by atoms with E-state index in [1.807, 2.05) is 27.7 Å². The van der Waals surface area contributed by atoms with Crippen molar-refractivity contribution in [1.82, 2.24) is 20.9 Å². The van der Waals surface area contributed by atoms with E-state index in [4.69, 9.17) is 4.74 Å².